The summed E-state index contributed by atoms with van der Waals surface area (Å²) in [6.45, 7) is 7.31. The van der Waals surface area contributed by atoms with E-state index >= 15 is 4.39 Å². The Morgan fingerprint density at radius 2 is 1.95 bits per heavy atom. The molecule has 3 atom stereocenters. The van der Waals surface area contributed by atoms with Crippen LogP contribution < -0.4 is 9.47 Å². The monoisotopic (exact) mass is 543 g/mol. The van der Waals surface area contributed by atoms with E-state index in [1.54, 1.807) is 13.2 Å². The summed E-state index contributed by atoms with van der Waals surface area (Å²) in [5, 5.41) is 0. The van der Waals surface area contributed by atoms with E-state index in [9.17, 15) is 4.79 Å². The Morgan fingerprint density at radius 3 is 2.70 bits per heavy atom. The smallest absolute Gasteiger partial charge is 0.309 e. The number of ether oxygens (including phenoxy) is 3. The number of hydrogen-bond acceptors (Lipinski definition) is 5. The molecule has 3 aliphatic carbocycles. The van der Waals surface area contributed by atoms with Crippen molar-refractivity contribution in [3.63, 3.8) is 0 Å². The molecule has 3 aromatic rings. The molecule has 1 heterocycles. The van der Waals surface area contributed by atoms with E-state index in [1.165, 1.54) is 17.3 Å². The number of pyridine rings is 1. The number of carbonyl (C=O) groups excluding carboxylic acids is 1. The summed E-state index contributed by atoms with van der Waals surface area (Å²) >= 11 is 0. The van der Waals surface area contributed by atoms with Crippen LogP contribution in [0.4, 0.5) is 4.39 Å². The maximum atomic E-state index is 15.0. The molecular weight excluding hydrogens is 505 g/mol. The molecule has 0 amide bonds. The molecule has 2 fully saturated rings. The quantitative estimate of drug-likeness (QED) is 0.275. The molecule has 6 heteroatoms. The van der Waals surface area contributed by atoms with Gasteiger partial charge in [0.15, 0.2) is 0 Å². The first-order valence-electron chi connectivity index (χ1n) is 14.5. The van der Waals surface area contributed by atoms with Gasteiger partial charge in [0.1, 0.15) is 18.2 Å². The largest absolute Gasteiger partial charge is 0.489 e. The molecule has 6 rings (SSSR count). The Bertz CT molecular complexity index is 1450. The number of benzene rings is 2. The van der Waals surface area contributed by atoms with Crippen molar-refractivity contribution in [2.45, 2.75) is 77.2 Å². The number of aryl methyl sites for hydroxylation is 1. The average Bonchev–Trinajstić information content (AvgIpc) is 3.43. The fourth-order valence-electron chi connectivity index (χ4n) is 7.29. The van der Waals surface area contributed by atoms with Gasteiger partial charge in [0.25, 0.3) is 0 Å². The third-order valence-electron chi connectivity index (χ3n) is 9.59. The van der Waals surface area contributed by atoms with Gasteiger partial charge >= 0.3 is 5.97 Å². The lowest BCUT2D eigenvalue weighted by molar-refractivity contribution is -0.145. The number of methoxy groups -OCH3 is 1. The molecule has 3 aliphatic rings. The predicted molar refractivity (Wildman–Crippen MR) is 152 cm³/mol. The van der Waals surface area contributed by atoms with Crippen LogP contribution in [0.25, 0.3) is 11.1 Å². The van der Waals surface area contributed by atoms with Crippen LogP contribution in [0.15, 0.2) is 48.7 Å². The summed E-state index contributed by atoms with van der Waals surface area (Å²) in [6.07, 6.45) is 7.45. The van der Waals surface area contributed by atoms with Crippen LogP contribution in [0.2, 0.25) is 0 Å². The van der Waals surface area contributed by atoms with Crippen molar-refractivity contribution < 1.29 is 23.4 Å². The maximum absolute atomic E-state index is 15.0. The van der Waals surface area contributed by atoms with Crippen molar-refractivity contribution in [1.29, 1.82) is 0 Å². The highest BCUT2D eigenvalue weighted by Gasteiger charge is 2.62. The third kappa shape index (κ3) is 4.65. The van der Waals surface area contributed by atoms with E-state index in [0.717, 1.165) is 61.0 Å². The van der Waals surface area contributed by atoms with Crippen molar-refractivity contribution >= 4 is 5.97 Å². The first-order chi connectivity index (χ1) is 19.3. The zero-order valence-corrected chi connectivity index (χ0v) is 23.9. The van der Waals surface area contributed by atoms with E-state index < -0.39 is 0 Å². The number of rotatable bonds is 8. The van der Waals surface area contributed by atoms with Gasteiger partial charge in [-0.2, -0.15) is 0 Å². The highest BCUT2D eigenvalue weighted by Crippen LogP contribution is 2.62. The standard InChI is InChI=1S/C34H38FNO4/c1-5-39-32(37)29-18-34(29)14-12-22-9-10-23(16-28(22)34)40-20-21-8-11-24(26-17-31(38-4)36-19-30(26)35)25(15-21)27-7-6-13-33(27,2)3/h8-11,15-17,19,27,29H,5-7,12-14,18,20H2,1-4H3. The average molecular weight is 544 g/mol. The Kier molecular flexibility index (Phi) is 6.84. The molecule has 2 aromatic carbocycles. The number of fused-ring (bicyclic) bond motifs is 2. The zero-order chi connectivity index (χ0) is 28.1. The maximum Gasteiger partial charge on any atom is 0.309 e. The van der Waals surface area contributed by atoms with Crippen LogP contribution in [-0.2, 0) is 28.0 Å². The van der Waals surface area contributed by atoms with Crippen LogP contribution in [0.5, 0.6) is 11.6 Å². The van der Waals surface area contributed by atoms with Gasteiger partial charge in [0.2, 0.25) is 5.88 Å². The van der Waals surface area contributed by atoms with Gasteiger partial charge in [-0.1, -0.05) is 44.5 Å². The minimum Gasteiger partial charge on any atom is -0.489 e. The van der Waals surface area contributed by atoms with Gasteiger partial charge in [-0.05, 0) is 90.3 Å². The number of carbonyl (C=O) groups is 1. The van der Waals surface area contributed by atoms with E-state index in [0.29, 0.717) is 30.6 Å². The summed E-state index contributed by atoms with van der Waals surface area (Å²) in [4.78, 5) is 16.5. The van der Waals surface area contributed by atoms with E-state index in [2.05, 4.69) is 37.0 Å². The fourth-order valence-corrected chi connectivity index (χ4v) is 7.29. The first-order valence-corrected chi connectivity index (χ1v) is 14.5. The number of halogens is 1. The minimum atomic E-state index is -0.352. The van der Waals surface area contributed by atoms with Crippen LogP contribution in [0.1, 0.15) is 81.0 Å². The molecule has 5 nitrogen and oxygen atoms in total. The van der Waals surface area contributed by atoms with Crippen LogP contribution in [-0.4, -0.2) is 24.7 Å². The fraction of sp³-hybridized carbons (Fsp3) is 0.471. The molecule has 0 saturated heterocycles. The summed E-state index contributed by atoms with van der Waals surface area (Å²) in [7, 11) is 1.55. The molecule has 3 unspecified atom stereocenters. The van der Waals surface area contributed by atoms with E-state index in [1.807, 2.05) is 25.1 Å². The second-order valence-electron chi connectivity index (χ2n) is 12.3. The van der Waals surface area contributed by atoms with Gasteiger partial charge in [-0.15, -0.1) is 0 Å². The van der Waals surface area contributed by atoms with Gasteiger partial charge in [0.05, 0.1) is 25.8 Å². The molecule has 40 heavy (non-hydrogen) atoms. The summed E-state index contributed by atoms with van der Waals surface area (Å²) in [5.41, 5.74) is 6.20. The normalized spacial score (nSPS) is 24.1. The molecule has 1 spiro atoms. The van der Waals surface area contributed by atoms with Gasteiger partial charge in [-0.25, -0.2) is 9.37 Å². The molecule has 0 N–H and O–H groups in total. The molecule has 0 aliphatic heterocycles. The minimum absolute atomic E-state index is 0.0407. The Morgan fingerprint density at radius 1 is 1.10 bits per heavy atom. The van der Waals surface area contributed by atoms with E-state index in [4.69, 9.17) is 14.2 Å². The number of esters is 1. The second kappa shape index (κ2) is 10.2. The highest BCUT2D eigenvalue weighted by atomic mass is 19.1. The summed E-state index contributed by atoms with van der Waals surface area (Å²) in [5.74, 6) is 1.06. The first kappa shape index (κ1) is 26.8. The molecule has 210 valence electrons. The van der Waals surface area contributed by atoms with Crippen molar-refractivity contribution in [2.75, 3.05) is 13.7 Å². The summed E-state index contributed by atoms with van der Waals surface area (Å²) < 4.78 is 32.0. The van der Waals surface area contributed by atoms with Crippen LogP contribution >= 0.6 is 0 Å². The van der Waals surface area contributed by atoms with Gasteiger partial charge in [0, 0.05) is 17.0 Å². The van der Waals surface area contributed by atoms with Crippen LogP contribution in [0.3, 0.4) is 0 Å². The highest BCUT2D eigenvalue weighted by molar-refractivity contribution is 5.80. The zero-order valence-electron chi connectivity index (χ0n) is 23.9. The Labute approximate surface area is 236 Å². The van der Waals surface area contributed by atoms with Crippen molar-refractivity contribution in [1.82, 2.24) is 4.98 Å². The van der Waals surface area contributed by atoms with Gasteiger partial charge < -0.3 is 14.2 Å². The van der Waals surface area contributed by atoms with E-state index in [-0.39, 0.29) is 28.5 Å². The van der Waals surface area contributed by atoms with Crippen LogP contribution in [0, 0.1) is 17.2 Å². The lowest BCUT2D eigenvalue weighted by atomic mass is 9.75. The SMILES string of the molecule is CCOC(=O)C1CC12CCc1ccc(OCc3ccc(-c4cc(OC)ncc4F)c(C4CCCC4(C)C)c3)cc12. The molecular formula is C34H38FNO4. The summed E-state index contributed by atoms with van der Waals surface area (Å²) in [6, 6.07) is 14.3. The molecule has 1 aromatic heterocycles. The van der Waals surface area contributed by atoms with Crippen molar-refractivity contribution in [3.8, 4) is 22.8 Å². The van der Waals surface area contributed by atoms with Crippen molar-refractivity contribution in [3.05, 3.63) is 76.7 Å². The Balaban J connectivity index is 1.28. The lowest BCUT2D eigenvalue weighted by Crippen LogP contribution is -2.17. The third-order valence-corrected chi connectivity index (χ3v) is 9.59. The Hall–Kier alpha value is -3.41. The molecule has 0 radical (unpaired) electrons. The number of aromatic nitrogens is 1. The number of hydrogen-bond donors (Lipinski definition) is 0. The topological polar surface area (TPSA) is 57.7 Å². The van der Waals surface area contributed by atoms with Gasteiger partial charge in [-0.3, -0.25) is 4.79 Å². The van der Waals surface area contributed by atoms with Crippen molar-refractivity contribution in [2.24, 2.45) is 11.3 Å². The molecule has 0 bridgehead atoms. The predicted octanol–water partition coefficient (Wildman–Crippen LogP) is 7.54. The second-order valence-corrected chi connectivity index (χ2v) is 12.3. The molecule has 2 saturated carbocycles. The lowest BCUT2D eigenvalue weighted by Gasteiger charge is -2.30. The number of nitrogens with zero attached hydrogens (tertiary/aromatic N) is 1.